The summed E-state index contributed by atoms with van der Waals surface area (Å²) in [6.07, 6.45) is 1.67. The smallest absolute Gasteiger partial charge is 0.303 e. The molecule has 2 aromatic rings. The fourth-order valence-corrected chi connectivity index (χ4v) is 4.90. The summed E-state index contributed by atoms with van der Waals surface area (Å²) in [6, 6.07) is 11.2. The van der Waals surface area contributed by atoms with E-state index in [4.69, 9.17) is 4.99 Å². The molecule has 3 heteroatoms. The predicted molar refractivity (Wildman–Crippen MR) is 110 cm³/mol. The molecule has 140 valence electrons. The van der Waals surface area contributed by atoms with Crippen molar-refractivity contribution in [3.05, 3.63) is 52.6 Å². The Morgan fingerprint density at radius 1 is 1.04 bits per heavy atom. The summed E-state index contributed by atoms with van der Waals surface area (Å²) < 4.78 is 0. The number of carbonyl (C=O) groups is 1. The third kappa shape index (κ3) is 2.40. The second-order valence-corrected chi connectivity index (χ2v) is 8.62. The number of hydrogen-bond donors (Lipinski definition) is 1. The second kappa shape index (κ2) is 5.79. The number of hydrogen-bond acceptors (Lipinski definition) is 2. The van der Waals surface area contributed by atoms with Crippen molar-refractivity contribution in [3.63, 3.8) is 0 Å². The highest BCUT2D eigenvalue weighted by atomic mass is 16.4. The predicted octanol–water partition coefficient (Wildman–Crippen LogP) is 5.92. The summed E-state index contributed by atoms with van der Waals surface area (Å²) in [5.41, 5.74) is 9.41. The van der Waals surface area contributed by atoms with Crippen molar-refractivity contribution in [2.75, 3.05) is 0 Å². The molecule has 0 bridgehead atoms. The minimum atomic E-state index is -0.735. The van der Waals surface area contributed by atoms with Crippen LogP contribution in [-0.2, 0) is 15.6 Å². The highest BCUT2D eigenvalue weighted by molar-refractivity contribution is 6.01. The monoisotopic (exact) mass is 361 g/mol. The molecule has 0 radical (unpaired) electrons. The van der Waals surface area contributed by atoms with Crippen LogP contribution in [-0.4, -0.2) is 16.8 Å². The summed E-state index contributed by atoms with van der Waals surface area (Å²) in [5, 5.41) is 9.37. The third-order valence-corrected chi connectivity index (χ3v) is 6.87. The summed E-state index contributed by atoms with van der Waals surface area (Å²) >= 11 is 0. The normalized spacial score (nSPS) is 21.4. The number of aryl methyl sites for hydroxylation is 1. The topological polar surface area (TPSA) is 49.7 Å². The molecule has 2 aromatic carbocycles. The first-order valence-electron chi connectivity index (χ1n) is 9.79. The van der Waals surface area contributed by atoms with E-state index < -0.39 is 5.97 Å². The minimum Gasteiger partial charge on any atom is -0.481 e. The summed E-state index contributed by atoms with van der Waals surface area (Å²) in [6.45, 7) is 10.8. The van der Waals surface area contributed by atoms with Crippen LogP contribution in [0.15, 0.2) is 35.3 Å². The molecule has 0 spiro atoms. The van der Waals surface area contributed by atoms with Gasteiger partial charge < -0.3 is 5.11 Å². The Labute approximate surface area is 161 Å². The molecule has 4 rings (SSSR count). The number of benzene rings is 2. The van der Waals surface area contributed by atoms with Crippen molar-refractivity contribution in [3.8, 4) is 11.1 Å². The van der Waals surface area contributed by atoms with Crippen LogP contribution in [0.4, 0.5) is 5.69 Å². The fraction of sp³-hybridized carbons (Fsp3) is 0.417. The SMILES string of the molecule is CCC1(CCC(=O)O)c2cc(C)ccc2-c2cc3c(cc21)N=C(C)C3(C)C. The molecule has 1 aliphatic carbocycles. The van der Waals surface area contributed by atoms with Gasteiger partial charge in [-0.15, -0.1) is 0 Å². The number of rotatable bonds is 4. The van der Waals surface area contributed by atoms with Crippen LogP contribution in [0.25, 0.3) is 11.1 Å². The van der Waals surface area contributed by atoms with Crippen molar-refractivity contribution in [2.45, 2.75) is 64.7 Å². The number of carboxylic acid groups (broad SMARTS) is 1. The Morgan fingerprint density at radius 3 is 2.41 bits per heavy atom. The molecule has 1 unspecified atom stereocenters. The van der Waals surface area contributed by atoms with Gasteiger partial charge in [0.05, 0.1) is 5.69 Å². The van der Waals surface area contributed by atoms with E-state index in [2.05, 4.69) is 65.0 Å². The van der Waals surface area contributed by atoms with Crippen LogP contribution in [0, 0.1) is 6.92 Å². The van der Waals surface area contributed by atoms with E-state index in [1.807, 2.05) is 0 Å². The zero-order valence-electron chi connectivity index (χ0n) is 16.8. The highest BCUT2D eigenvalue weighted by Gasteiger charge is 2.44. The van der Waals surface area contributed by atoms with Crippen LogP contribution in [0.5, 0.6) is 0 Å². The number of carboxylic acids is 1. The van der Waals surface area contributed by atoms with E-state index in [0.29, 0.717) is 6.42 Å². The molecule has 1 N–H and O–H groups in total. The molecule has 0 fully saturated rings. The lowest BCUT2D eigenvalue weighted by Crippen LogP contribution is -2.26. The van der Waals surface area contributed by atoms with E-state index in [-0.39, 0.29) is 17.3 Å². The van der Waals surface area contributed by atoms with Gasteiger partial charge in [-0.05, 0) is 66.6 Å². The van der Waals surface area contributed by atoms with E-state index in [1.54, 1.807) is 0 Å². The largest absolute Gasteiger partial charge is 0.481 e. The Bertz CT molecular complexity index is 1000. The van der Waals surface area contributed by atoms with E-state index >= 15 is 0 Å². The van der Waals surface area contributed by atoms with Gasteiger partial charge in [0.15, 0.2) is 0 Å². The van der Waals surface area contributed by atoms with Crippen LogP contribution < -0.4 is 0 Å². The molecule has 0 saturated heterocycles. The third-order valence-electron chi connectivity index (χ3n) is 6.87. The summed E-state index contributed by atoms with van der Waals surface area (Å²) in [4.78, 5) is 16.3. The number of aliphatic imine (C=N–C) groups is 1. The average molecular weight is 361 g/mol. The Balaban J connectivity index is 2.00. The lowest BCUT2D eigenvalue weighted by molar-refractivity contribution is -0.137. The van der Waals surface area contributed by atoms with Gasteiger partial charge in [0, 0.05) is 23.0 Å². The number of fused-ring (bicyclic) bond motifs is 4. The van der Waals surface area contributed by atoms with Crippen LogP contribution >= 0.6 is 0 Å². The van der Waals surface area contributed by atoms with Crippen molar-refractivity contribution in [1.29, 1.82) is 0 Å². The van der Waals surface area contributed by atoms with Crippen molar-refractivity contribution in [1.82, 2.24) is 0 Å². The van der Waals surface area contributed by atoms with Gasteiger partial charge in [0.25, 0.3) is 0 Å². The lowest BCUT2D eigenvalue weighted by Gasteiger charge is -2.31. The zero-order chi connectivity index (χ0) is 19.6. The lowest BCUT2D eigenvalue weighted by atomic mass is 9.71. The van der Waals surface area contributed by atoms with Crippen molar-refractivity contribution >= 4 is 17.4 Å². The first-order valence-corrected chi connectivity index (χ1v) is 9.79. The summed E-state index contributed by atoms with van der Waals surface area (Å²) in [5.74, 6) is -0.735. The van der Waals surface area contributed by atoms with E-state index in [9.17, 15) is 9.90 Å². The molecule has 1 heterocycles. The van der Waals surface area contributed by atoms with Crippen molar-refractivity contribution in [2.24, 2.45) is 4.99 Å². The maximum absolute atomic E-state index is 11.4. The maximum Gasteiger partial charge on any atom is 0.303 e. The molecule has 0 saturated carbocycles. The Kier molecular flexibility index (Phi) is 3.85. The Morgan fingerprint density at radius 2 is 1.74 bits per heavy atom. The first kappa shape index (κ1) is 18.0. The van der Waals surface area contributed by atoms with Gasteiger partial charge in [-0.2, -0.15) is 0 Å². The van der Waals surface area contributed by atoms with Gasteiger partial charge in [0.1, 0.15) is 0 Å². The first-order chi connectivity index (χ1) is 12.7. The van der Waals surface area contributed by atoms with Gasteiger partial charge in [-0.25, -0.2) is 0 Å². The van der Waals surface area contributed by atoms with Gasteiger partial charge >= 0.3 is 5.97 Å². The van der Waals surface area contributed by atoms with Crippen LogP contribution in [0.2, 0.25) is 0 Å². The van der Waals surface area contributed by atoms with Gasteiger partial charge in [-0.1, -0.05) is 44.5 Å². The molecular formula is C24H27NO2. The zero-order valence-corrected chi connectivity index (χ0v) is 16.8. The number of aliphatic carboxylic acids is 1. The average Bonchev–Trinajstić information content (AvgIpc) is 3.00. The van der Waals surface area contributed by atoms with Crippen molar-refractivity contribution < 1.29 is 9.90 Å². The standard InChI is InChI=1S/C24H27NO2/c1-6-24(10-9-22(26)27)18-11-14(2)7-8-16(18)17-12-20-21(13-19(17)24)25-15(3)23(20,4)5/h7-8,11-13H,6,9-10H2,1-5H3,(H,26,27). The highest BCUT2D eigenvalue weighted by Crippen LogP contribution is 2.56. The Hall–Kier alpha value is -2.42. The molecule has 1 aliphatic heterocycles. The molecule has 1 atom stereocenters. The van der Waals surface area contributed by atoms with E-state index in [0.717, 1.165) is 17.8 Å². The molecular weight excluding hydrogens is 334 g/mol. The van der Waals surface area contributed by atoms with Gasteiger partial charge in [0.2, 0.25) is 0 Å². The van der Waals surface area contributed by atoms with E-state index in [1.165, 1.54) is 33.4 Å². The molecule has 2 aliphatic rings. The minimum absolute atomic E-state index is 0.0618. The molecule has 3 nitrogen and oxygen atoms in total. The molecule has 0 aromatic heterocycles. The second-order valence-electron chi connectivity index (χ2n) is 8.62. The fourth-order valence-electron chi connectivity index (χ4n) is 4.90. The molecule has 0 amide bonds. The van der Waals surface area contributed by atoms with Crippen LogP contribution in [0.3, 0.4) is 0 Å². The quantitative estimate of drug-likeness (QED) is 0.735. The number of nitrogens with zero attached hydrogens (tertiary/aromatic N) is 1. The van der Waals surface area contributed by atoms with Gasteiger partial charge in [-0.3, -0.25) is 9.79 Å². The van der Waals surface area contributed by atoms with Crippen LogP contribution in [0.1, 0.15) is 69.2 Å². The maximum atomic E-state index is 11.4. The summed E-state index contributed by atoms with van der Waals surface area (Å²) in [7, 11) is 0. The molecule has 27 heavy (non-hydrogen) atoms.